The lowest BCUT2D eigenvalue weighted by Crippen LogP contribution is -2.45. The zero-order valence-corrected chi connectivity index (χ0v) is 14.3. The van der Waals surface area contributed by atoms with E-state index in [-0.39, 0.29) is 15.4 Å². The number of thiol groups is 4. The van der Waals surface area contributed by atoms with E-state index in [1.807, 2.05) is 0 Å². The molecular weight excluding hydrogens is 368 g/mol. The predicted octanol–water partition coefficient (Wildman–Crippen LogP) is 1.27. The summed E-state index contributed by atoms with van der Waals surface area (Å²) >= 11 is 16.8. The van der Waals surface area contributed by atoms with Crippen molar-refractivity contribution < 1.29 is 30.0 Å². The van der Waals surface area contributed by atoms with Crippen LogP contribution >= 0.6 is 50.5 Å². The minimum Gasteiger partial charge on any atom is -0.505 e. The maximum Gasteiger partial charge on any atom is 0.378 e. The fourth-order valence-electron chi connectivity index (χ4n) is 2.04. The summed E-state index contributed by atoms with van der Waals surface area (Å²) in [5.74, 6) is -3.12. The van der Waals surface area contributed by atoms with Gasteiger partial charge in [0.1, 0.15) is 0 Å². The maximum absolute atomic E-state index is 11.3. The second-order valence-electron chi connectivity index (χ2n) is 4.59. The zero-order valence-electron chi connectivity index (χ0n) is 10.8. The van der Waals surface area contributed by atoms with Crippen LogP contribution in [-0.4, -0.2) is 39.1 Å². The fourth-order valence-corrected chi connectivity index (χ4v) is 3.25. The summed E-state index contributed by atoms with van der Waals surface area (Å²) in [6.07, 6.45) is -1.69. The lowest BCUT2D eigenvalue weighted by atomic mass is 9.87. The largest absolute Gasteiger partial charge is 0.505 e. The van der Waals surface area contributed by atoms with Crippen molar-refractivity contribution in [2.75, 3.05) is 6.61 Å². The Morgan fingerprint density at radius 3 is 2.18 bits per heavy atom. The van der Waals surface area contributed by atoms with Crippen molar-refractivity contribution in [1.29, 1.82) is 0 Å². The van der Waals surface area contributed by atoms with Gasteiger partial charge in [0, 0.05) is 25.1 Å². The van der Waals surface area contributed by atoms with Gasteiger partial charge in [0.25, 0.3) is 0 Å². The van der Waals surface area contributed by atoms with E-state index in [9.17, 15) is 25.2 Å². The van der Waals surface area contributed by atoms with Crippen molar-refractivity contribution in [2.45, 2.75) is 31.3 Å². The predicted molar refractivity (Wildman–Crippen MR) is 88.6 cm³/mol. The van der Waals surface area contributed by atoms with Gasteiger partial charge in [-0.05, 0) is 6.07 Å². The molecule has 0 amide bonds. The van der Waals surface area contributed by atoms with E-state index in [4.69, 9.17) is 4.74 Å². The molecule has 1 aliphatic heterocycles. The van der Waals surface area contributed by atoms with Crippen LogP contribution in [0.2, 0.25) is 0 Å². The third-order valence-corrected chi connectivity index (χ3v) is 5.54. The van der Waals surface area contributed by atoms with E-state index in [1.165, 1.54) is 6.07 Å². The van der Waals surface area contributed by atoms with Crippen LogP contribution in [0.3, 0.4) is 0 Å². The highest BCUT2D eigenvalue weighted by molar-refractivity contribution is 7.86. The van der Waals surface area contributed by atoms with Crippen molar-refractivity contribution in [3.63, 3.8) is 0 Å². The Hall–Kier alpha value is -0.650. The molecule has 1 heterocycles. The standard InChI is InChI=1S/C12H12O6S4/c13-2-12(17,10-5(14)6(15)11(16)18-10)3-1-4(19)8(21)9(22)7(3)20/h1,10,13-15,17,19-22H,2H2/t10-,12+/m0/s1. The van der Waals surface area contributed by atoms with E-state index in [1.54, 1.807) is 0 Å². The molecule has 0 radical (unpaired) electrons. The summed E-state index contributed by atoms with van der Waals surface area (Å²) in [6.45, 7) is -0.928. The molecule has 0 unspecified atom stereocenters. The number of hydrogen-bond acceptors (Lipinski definition) is 10. The van der Waals surface area contributed by atoms with Gasteiger partial charge >= 0.3 is 5.97 Å². The number of benzene rings is 1. The van der Waals surface area contributed by atoms with E-state index in [2.05, 4.69) is 50.5 Å². The number of esters is 1. The van der Waals surface area contributed by atoms with Crippen molar-refractivity contribution in [3.05, 3.63) is 23.1 Å². The second kappa shape index (κ2) is 6.10. The lowest BCUT2D eigenvalue weighted by Gasteiger charge is -2.32. The van der Waals surface area contributed by atoms with Crippen LogP contribution in [0, 0.1) is 0 Å². The quantitative estimate of drug-likeness (QED) is 0.297. The fraction of sp³-hybridized carbons (Fsp3) is 0.250. The monoisotopic (exact) mass is 380 g/mol. The first kappa shape index (κ1) is 17.7. The molecule has 0 saturated carbocycles. The zero-order chi connectivity index (χ0) is 16.8. The van der Waals surface area contributed by atoms with E-state index in [0.717, 1.165) is 0 Å². The first-order valence-electron chi connectivity index (χ1n) is 5.78. The average Bonchev–Trinajstić information content (AvgIpc) is 2.76. The van der Waals surface area contributed by atoms with Crippen LogP contribution in [0.1, 0.15) is 5.56 Å². The van der Waals surface area contributed by atoms with Crippen molar-refractivity contribution in [2.24, 2.45) is 0 Å². The molecule has 1 aliphatic rings. The molecule has 1 aromatic rings. The van der Waals surface area contributed by atoms with Crippen LogP contribution in [0.25, 0.3) is 0 Å². The summed E-state index contributed by atoms with van der Waals surface area (Å²) in [5, 5.41) is 39.5. The Bertz CT molecular complexity index is 689. The van der Waals surface area contributed by atoms with Gasteiger partial charge in [-0.3, -0.25) is 0 Å². The first-order valence-corrected chi connectivity index (χ1v) is 7.57. The number of aliphatic hydroxyl groups is 4. The Labute approximate surface area is 147 Å². The van der Waals surface area contributed by atoms with Crippen molar-refractivity contribution >= 4 is 56.5 Å². The molecule has 120 valence electrons. The van der Waals surface area contributed by atoms with Crippen LogP contribution in [-0.2, 0) is 15.1 Å². The minimum absolute atomic E-state index is 0.00480. The van der Waals surface area contributed by atoms with E-state index in [0.29, 0.717) is 9.79 Å². The highest BCUT2D eigenvalue weighted by atomic mass is 32.1. The van der Waals surface area contributed by atoms with Crippen LogP contribution in [0.15, 0.2) is 37.2 Å². The summed E-state index contributed by atoms with van der Waals surface area (Å²) < 4.78 is 4.74. The molecule has 1 aromatic carbocycles. The lowest BCUT2D eigenvalue weighted by molar-refractivity contribution is -0.161. The number of carbonyl (C=O) groups is 1. The van der Waals surface area contributed by atoms with Crippen LogP contribution in [0.4, 0.5) is 0 Å². The molecule has 2 atom stereocenters. The summed E-state index contributed by atoms with van der Waals surface area (Å²) in [6, 6.07) is 1.35. The second-order valence-corrected chi connectivity index (χ2v) is 6.41. The third kappa shape index (κ3) is 2.57. The molecule has 10 heteroatoms. The third-order valence-electron chi connectivity index (χ3n) is 3.28. The average molecular weight is 380 g/mol. The Morgan fingerprint density at radius 1 is 1.14 bits per heavy atom. The molecule has 0 aromatic heterocycles. The molecule has 22 heavy (non-hydrogen) atoms. The van der Waals surface area contributed by atoms with Gasteiger partial charge in [-0.1, -0.05) is 0 Å². The number of ether oxygens (including phenoxy) is 1. The molecule has 0 aliphatic carbocycles. The molecular formula is C12H12O6S4. The van der Waals surface area contributed by atoms with Gasteiger partial charge in [-0.25, -0.2) is 4.79 Å². The minimum atomic E-state index is -2.25. The van der Waals surface area contributed by atoms with Gasteiger partial charge in [-0.15, -0.1) is 50.5 Å². The molecule has 4 N–H and O–H groups in total. The summed E-state index contributed by atoms with van der Waals surface area (Å²) in [7, 11) is 0. The Balaban J connectivity index is 2.65. The number of cyclic esters (lactones) is 1. The molecule has 6 nitrogen and oxygen atoms in total. The van der Waals surface area contributed by atoms with E-state index < -0.39 is 35.8 Å². The SMILES string of the molecule is O=C1O[C@H]([C@@](O)(CO)c2cc(S)c(S)c(S)c2S)C(O)=C1O. The molecule has 0 fully saturated rings. The topological polar surface area (TPSA) is 107 Å². The first-order chi connectivity index (χ1) is 10.1. The van der Waals surface area contributed by atoms with Crippen molar-refractivity contribution in [3.8, 4) is 0 Å². The number of hydrogen-bond donors (Lipinski definition) is 8. The number of aliphatic hydroxyl groups excluding tert-OH is 3. The van der Waals surface area contributed by atoms with Gasteiger partial charge in [0.2, 0.25) is 5.76 Å². The summed E-state index contributed by atoms with van der Waals surface area (Å²) in [4.78, 5) is 12.5. The highest BCUT2D eigenvalue weighted by Crippen LogP contribution is 2.42. The normalized spacial score (nSPS) is 21.0. The Kier molecular flexibility index (Phi) is 4.91. The molecule has 0 saturated heterocycles. The highest BCUT2D eigenvalue weighted by Gasteiger charge is 2.51. The van der Waals surface area contributed by atoms with Gasteiger partial charge in [0.05, 0.1) is 6.61 Å². The molecule has 0 bridgehead atoms. The molecule has 0 spiro atoms. The number of rotatable bonds is 3. The maximum atomic E-state index is 11.3. The van der Waals surface area contributed by atoms with Gasteiger partial charge in [-0.2, -0.15) is 0 Å². The van der Waals surface area contributed by atoms with Crippen molar-refractivity contribution in [1.82, 2.24) is 0 Å². The molecule has 2 rings (SSSR count). The van der Waals surface area contributed by atoms with Gasteiger partial charge in [0.15, 0.2) is 17.5 Å². The van der Waals surface area contributed by atoms with Gasteiger partial charge < -0.3 is 25.2 Å². The Morgan fingerprint density at radius 2 is 1.73 bits per heavy atom. The van der Waals surface area contributed by atoms with Crippen LogP contribution < -0.4 is 0 Å². The summed E-state index contributed by atoms with van der Waals surface area (Å²) in [5.41, 5.74) is -2.25. The smallest absolute Gasteiger partial charge is 0.378 e. The number of carbonyl (C=O) groups excluding carboxylic acids is 1. The van der Waals surface area contributed by atoms with Crippen LogP contribution in [0.5, 0.6) is 0 Å². The van der Waals surface area contributed by atoms with E-state index >= 15 is 0 Å².